The molecule has 13 nitrogen and oxygen atoms in total. The molecule has 0 radical (unpaired) electrons. The molecule has 0 aliphatic rings. The summed E-state index contributed by atoms with van der Waals surface area (Å²) in [5.41, 5.74) is 3.82. The zero-order valence-electron chi connectivity index (χ0n) is 21.4. The molecule has 0 aromatic heterocycles. The van der Waals surface area contributed by atoms with Crippen molar-refractivity contribution in [3.63, 3.8) is 0 Å². The highest BCUT2D eigenvalue weighted by Gasteiger charge is 2.14. The van der Waals surface area contributed by atoms with Crippen molar-refractivity contribution in [2.75, 3.05) is 59.8 Å². The van der Waals surface area contributed by atoms with Crippen molar-refractivity contribution in [1.29, 1.82) is 0 Å². The zero-order chi connectivity index (χ0) is 29.0. The summed E-state index contributed by atoms with van der Waals surface area (Å²) in [5, 5.41) is 9.27. The maximum absolute atomic E-state index is 8.74. The summed E-state index contributed by atoms with van der Waals surface area (Å²) in [4.78, 5) is 4.54. The number of hydrogen-bond acceptors (Lipinski definition) is 10. The monoisotopic (exact) mass is 582 g/mol. The van der Waals surface area contributed by atoms with Crippen LogP contribution in [0, 0.1) is 0 Å². The van der Waals surface area contributed by atoms with Gasteiger partial charge in [-0.2, -0.15) is 13.5 Å². The fraction of sp³-hybridized carbons (Fsp3) is 0.429. The van der Waals surface area contributed by atoms with Gasteiger partial charge in [-0.25, -0.2) is 0 Å². The van der Waals surface area contributed by atoms with Gasteiger partial charge in [0.05, 0.1) is 31.9 Å². The summed E-state index contributed by atoms with van der Waals surface area (Å²) in [5.74, 6) is 0. The second-order valence-electron chi connectivity index (χ2n) is 8.60. The number of likely N-dealkylation sites (N-methyl/N-ethyl adjacent to an activating group) is 2. The van der Waals surface area contributed by atoms with Crippen LogP contribution in [0.25, 0.3) is 0 Å². The second kappa shape index (κ2) is 15.3. The topological polar surface area (TPSA) is 186 Å². The maximum atomic E-state index is 8.74. The van der Waals surface area contributed by atoms with E-state index in [1.165, 1.54) is 5.69 Å². The van der Waals surface area contributed by atoms with Crippen molar-refractivity contribution < 1.29 is 35.0 Å². The van der Waals surface area contributed by atoms with Gasteiger partial charge in [0.2, 0.25) is 0 Å². The molecule has 0 heterocycles. The number of quaternary nitrogens is 1. The Balaban J connectivity index is 0.00000110. The molecule has 2 N–H and O–H groups in total. The van der Waals surface area contributed by atoms with Crippen LogP contribution in [-0.2, 0) is 20.8 Å². The van der Waals surface area contributed by atoms with Gasteiger partial charge in [0.1, 0.15) is 11.4 Å². The SMILES string of the molecule is CCN(CCN(C)C)c1ccc(N=Nc2ccc([N+](C)(C)C)cc2Cl)cc1.O=S(=O)(O)O.O=S(=O)([O-])[O-]. The number of rotatable bonds is 8. The Labute approximate surface area is 223 Å². The number of halogens is 1. The maximum Gasteiger partial charge on any atom is 0.394 e. The van der Waals surface area contributed by atoms with Crippen molar-refractivity contribution in [3.05, 3.63) is 47.5 Å². The van der Waals surface area contributed by atoms with Crippen molar-refractivity contribution in [2.45, 2.75) is 6.92 Å². The lowest BCUT2D eigenvalue weighted by atomic mass is 10.2. The van der Waals surface area contributed by atoms with Gasteiger partial charge in [-0.1, -0.05) is 11.6 Å². The lowest BCUT2D eigenvalue weighted by Gasteiger charge is -2.24. The molecule has 0 saturated heterocycles. The highest BCUT2D eigenvalue weighted by atomic mass is 35.5. The van der Waals surface area contributed by atoms with E-state index in [-0.39, 0.29) is 0 Å². The molecule has 0 aliphatic heterocycles. The number of benzene rings is 2. The first-order chi connectivity index (χ1) is 16.7. The van der Waals surface area contributed by atoms with E-state index < -0.39 is 20.8 Å². The molecule has 2 aromatic rings. The predicted molar refractivity (Wildman–Crippen MR) is 143 cm³/mol. The fourth-order valence-electron chi connectivity index (χ4n) is 2.63. The molecule has 37 heavy (non-hydrogen) atoms. The molecule has 2 rings (SSSR count). The van der Waals surface area contributed by atoms with Gasteiger partial charge < -0.3 is 18.9 Å². The van der Waals surface area contributed by atoms with Crippen LogP contribution in [0.5, 0.6) is 0 Å². The molecule has 0 saturated carbocycles. The molecule has 0 unspecified atom stereocenters. The van der Waals surface area contributed by atoms with Gasteiger partial charge in [0.25, 0.3) is 0 Å². The third-order valence-electron chi connectivity index (χ3n) is 4.39. The highest BCUT2D eigenvalue weighted by Crippen LogP contribution is 2.32. The van der Waals surface area contributed by atoms with E-state index in [0.717, 1.165) is 31.0 Å². The molecule has 16 heteroatoms. The molecule has 0 bridgehead atoms. The van der Waals surface area contributed by atoms with E-state index in [1.54, 1.807) is 0 Å². The number of anilines is 1. The van der Waals surface area contributed by atoms with Gasteiger partial charge in [-0.15, -0.1) is 5.11 Å². The average molecular weight is 583 g/mol. The third-order valence-corrected chi connectivity index (χ3v) is 4.70. The van der Waals surface area contributed by atoms with Crippen molar-refractivity contribution >= 4 is 55.1 Å². The highest BCUT2D eigenvalue weighted by molar-refractivity contribution is 7.80. The number of hydrogen-bond donors (Lipinski definition) is 2. The lowest BCUT2D eigenvalue weighted by molar-refractivity contribution is 0.352. The van der Waals surface area contributed by atoms with Crippen LogP contribution in [-0.4, -0.2) is 94.8 Å². The molecule has 0 aliphatic carbocycles. The van der Waals surface area contributed by atoms with E-state index in [9.17, 15) is 0 Å². The summed E-state index contributed by atoms with van der Waals surface area (Å²) in [7, 11) is 0.663. The first-order valence-electron chi connectivity index (χ1n) is 10.6. The van der Waals surface area contributed by atoms with Gasteiger partial charge >= 0.3 is 10.4 Å². The number of nitrogens with zero attached hydrogens (tertiary/aromatic N) is 5. The quantitative estimate of drug-likeness (QED) is 0.202. The first kappa shape index (κ1) is 34.8. The Morgan fingerprint density at radius 1 is 0.919 bits per heavy atom. The van der Waals surface area contributed by atoms with E-state index in [2.05, 4.69) is 74.3 Å². The van der Waals surface area contributed by atoms with Gasteiger partial charge in [0.15, 0.2) is 0 Å². The molecule has 0 atom stereocenters. The summed E-state index contributed by atoms with van der Waals surface area (Å²) in [6, 6.07) is 14.1. The van der Waals surface area contributed by atoms with E-state index in [1.807, 2.05) is 30.3 Å². The zero-order valence-corrected chi connectivity index (χ0v) is 23.8. The van der Waals surface area contributed by atoms with Crippen LogP contribution in [0.4, 0.5) is 22.7 Å². The van der Waals surface area contributed by atoms with Crippen molar-refractivity contribution in [3.8, 4) is 0 Å². The van der Waals surface area contributed by atoms with Gasteiger partial charge in [-0.05, 0) is 51.4 Å². The summed E-state index contributed by atoms with van der Waals surface area (Å²) < 4.78 is 66.4. The van der Waals surface area contributed by atoms with Gasteiger partial charge in [-0.3, -0.25) is 22.0 Å². The minimum atomic E-state index is -5.17. The predicted octanol–water partition coefficient (Wildman–Crippen LogP) is 3.35. The minimum Gasteiger partial charge on any atom is -0.759 e. The molecule has 0 fully saturated rings. The van der Waals surface area contributed by atoms with E-state index in [4.69, 9.17) is 46.6 Å². The smallest absolute Gasteiger partial charge is 0.394 e. The van der Waals surface area contributed by atoms with Crippen LogP contribution >= 0.6 is 11.6 Å². The van der Waals surface area contributed by atoms with Crippen LogP contribution in [0.15, 0.2) is 52.7 Å². The van der Waals surface area contributed by atoms with E-state index >= 15 is 0 Å². The summed E-state index contributed by atoms with van der Waals surface area (Å²) >= 11 is 6.37. The van der Waals surface area contributed by atoms with Crippen LogP contribution in [0.2, 0.25) is 5.02 Å². The molecular weight excluding hydrogens is 550 g/mol. The Kier molecular flexibility index (Phi) is 14.4. The lowest BCUT2D eigenvalue weighted by Crippen LogP contribution is -2.34. The van der Waals surface area contributed by atoms with Crippen molar-refractivity contribution in [2.24, 2.45) is 10.2 Å². The largest absolute Gasteiger partial charge is 0.759 e. The van der Waals surface area contributed by atoms with Crippen molar-refractivity contribution in [1.82, 2.24) is 9.38 Å². The first-order valence-corrected chi connectivity index (χ1v) is 13.7. The second-order valence-corrected chi connectivity index (χ2v) is 10.7. The molecule has 0 spiro atoms. The Hall–Kier alpha value is -2.21. The molecular formula is C21H33ClN5O8S2-. The Bertz CT molecular complexity index is 1170. The van der Waals surface area contributed by atoms with Gasteiger partial charge in [0, 0.05) is 47.9 Å². The van der Waals surface area contributed by atoms with E-state index in [0.29, 0.717) is 15.2 Å². The third kappa shape index (κ3) is 18.7. The summed E-state index contributed by atoms with van der Waals surface area (Å²) in [6.45, 7) is 5.17. The van der Waals surface area contributed by atoms with Crippen LogP contribution in [0.3, 0.4) is 0 Å². The standard InChI is InChI=1S/C21H31ClN5.2H2O4S/c1-7-26(15-14-25(2)3)18-10-8-17(9-11-18)23-24-21-13-12-19(16-20(21)22)27(4,5)6;2*1-5(2,3)4/h8-13,16H,7,14-15H2,1-6H3;2*(H2,1,2,3,4)/q+1;;/p-2. The minimum absolute atomic E-state index is 0.613. The normalized spacial score (nSPS) is 12.0. The average Bonchev–Trinajstić information content (AvgIpc) is 2.71. The molecule has 2 aromatic carbocycles. The molecule has 0 amide bonds. The Morgan fingerprint density at radius 3 is 1.78 bits per heavy atom. The van der Waals surface area contributed by atoms with Crippen LogP contribution < -0.4 is 9.38 Å². The fourth-order valence-corrected chi connectivity index (χ4v) is 2.84. The number of azo groups is 1. The molecule has 210 valence electrons. The summed E-state index contributed by atoms with van der Waals surface area (Å²) in [6.07, 6.45) is 0. The Morgan fingerprint density at radius 2 is 1.41 bits per heavy atom. The van der Waals surface area contributed by atoms with Crippen LogP contribution in [0.1, 0.15) is 6.92 Å².